The van der Waals surface area contributed by atoms with Crippen molar-refractivity contribution in [3.05, 3.63) is 71.8 Å². The molecular formula is C19H16N2O2. The van der Waals surface area contributed by atoms with Crippen molar-refractivity contribution in [3.8, 4) is 11.8 Å². The quantitative estimate of drug-likeness (QED) is 0.948. The normalized spacial score (nSPS) is 20.2. The second-order valence-corrected chi connectivity index (χ2v) is 5.34. The molecule has 0 bridgehead atoms. The second-order valence-electron chi connectivity index (χ2n) is 5.34. The molecule has 0 saturated heterocycles. The van der Waals surface area contributed by atoms with Crippen LogP contribution in [-0.2, 0) is 4.79 Å². The molecule has 2 aromatic carbocycles. The van der Waals surface area contributed by atoms with Gasteiger partial charge >= 0.3 is 0 Å². The van der Waals surface area contributed by atoms with Crippen molar-refractivity contribution in [1.82, 2.24) is 5.32 Å². The second kappa shape index (κ2) is 6.37. The molecule has 0 aliphatic carbocycles. The molecule has 4 nitrogen and oxygen atoms in total. The van der Waals surface area contributed by atoms with Gasteiger partial charge < -0.3 is 10.1 Å². The van der Waals surface area contributed by atoms with Gasteiger partial charge in [-0.1, -0.05) is 48.5 Å². The maximum absolute atomic E-state index is 12.3. The average molecular weight is 304 g/mol. The zero-order chi connectivity index (χ0) is 16.2. The van der Waals surface area contributed by atoms with Gasteiger partial charge in [0.25, 0.3) is 0 Å². The molecule has 0 aromatic heterocycles. The van der Waals surface area contributed by atoms with Crippen molar-refractivity contribution in [2.24, 2.45) is 5.92 Å². The highest BCUT2D eigenvalue weighted by atomic mass is 16.5. The van der Waals surface area contributed by atoms with Crippen molar-refractivity contribution in [1.29, 1.82) is 5.26 Å². The Morgan fingerprint density at radius 2 is 1.78 bits per heavy atom. The van der Waals surface area contributed by atoms with Crippen molar-refractivity contribution in [3.63, 3.8) is 0 Å². The van der Waals surface area contributed by atoms with Crippen molar-refractivity contribution < 1.29 is 9.53 Å². The predicted molar refractivity (Wildman–Crippen MR) is 87.4 cm³/mol. The molecule has 1 N–H and O–H groups in total. The van der Waals surface area contributed by atoms with Crippen LogP contribution in [0.3, 0.4) is 0 Å². The topological polar surface area (TPSA) is 62.1 Å². The molecule has 1 aliphatic heterocycles. The number of hydrogen-bond acceptors (Lipinski definition) is 3. The molecule has 0 spiro atoms. The highest BCUT2D eigenvalue weighted by molar-refractivity contribution is 5.93. The molecule has 4 heteroatoms. The lowest BCUT2D eigenvalue weighted by molar-refractivity contribution is -0.122. The third-order valence-corrected chi connectivity index (χ3v) is 3.97. The molecule has 23 heavy (non-hydrogen) atoms. The first-order chi connectivity index (χ1) is 11.2. The summed E-state index contributed by atoms with van der Waals surface area (Å²) in [7, 11) is 1.61. The van der Waals surface area contributed by atoms with E-state index in [1.54, 1.807) is 7.11 Å². The van der Waals surface area contributed by atoms with Crippen LogP contribution in [-0.4, -0.2) is 13.0 Å². The maximum atomic E-state index is 12.3. The van der Waals surface area contributed by atoms with Crippen molar-refractivity contribution >= 4 is 11.6 Å². The highest BCUT2D eigenvalue weighted by Gasteiger charge is 2.33. The van der Waals surface area contributed by atoms with Gasteiger partial charge in [-0.2, -0.15) is 5.26 Å². The summed E-state index contributed by atoms with van der Waals surface area (Å²) < 4.78 is 5.16. The highest BCUT2D eigenvalue weighted by Crippen LogP contribution is 2.33. The standard InChI is InChI=1S/C19H16N2O2/c1-23-15-9-7-13(8-10-15)16-11-18(14-5-3-2-4-6-14)21-19(22)17(16)12-20/h2-11,16-17H,1H3,(H,21,22)/t16-,17+/m1/s1. The monoisotopic (exact) mass is 304 g/mol. The summed E-state index contributed by atoms with van der Waals surface area (Å²) in [4.78, 5) is 12.3. The van der Waals surface area contributed by atoms with E-state index in [4.69, 9.17) is 4.74 Å². The number of nitriles is 1. The molecule has 0 fully saturated rings. The summed E-state index contributed by atoms with van der Waals surface area (Å²) in [5.41, 5.74) is 2.58. The third kappa shape index (κ3) is 2.95. The van der Waals surface area contributed by atoms with Gasteiger partial charge in [0, 0.05) is 11.6 Å². The molecule has 0 unspecified atom stereocenters. The molecule has 0 radical (unpaired) electrons. The smallest absolute Gasteiger partial charge is 0.242 e. The van der Waals surface area contributed by atoms with Crippen LogP contribution in [0.4, 0.5) is 0 Å². The van der Waals surface area contributed by atoms with Crippen LogP contribution in [0.2, 0.25) is 0 Å². The Morgan fingerprint density at radius 3 is 2.39 bits per heavy atom. The Labute approximate surface area is 135 Å². The Balaban J connectivity index is 2.03. The van der Waals surface area contributed by atoms with Crippen LogP contribution in [0.1, 0.15) is 17.0 Å². The van der Waals surface area contributed by atoms with Crippen LogP contribution in [0.25, 0.3) is 5.70 Å². The van der Waals surface area contributed by atoms with Gasteiger partial charge in [-0.25, -0.2) is 0 Å². The van der Waals surface area contributed by atoms with Gasteiger partial charge in [0.05, 0.1) is 13.2 Å². The Kier molecular flexibility index (Phi) is 4.11. The first kappa shape index (κ1) is 14.9. The Hall–Kier alpha value is -3.06. The first-order valence-electron chi connectivity index (χ1n) is 7.34. The number of ether oxygens (including phenoxy) is 1. The van der Waals surface area contributed by atoms with Crippen molar-refractivity contribution in [2.45, 2.75) is 5.92 Å². The summed E-state index contributed by atoms with van der Waals surface area (Å²) >= 11 is 0. The van der Waals surface area contributed by atoms with Gasteiger partial charge in [-0.05, 0) is 23.3 Å². The molecular weight excluding hydrogens is 288 g/mol. The zero-order valence-electron chi connectivity index (χ0n) is 12.7. The molecule has 1 amide bonds. The summed E-state index contributed by atoms with van der Waals surface area (Å²) in [6.07, 6.45) is 1.95. The fourth-order valence-electron chi connectivity index (χ4n) is 2.73. The number of methoxy groups -OCH3 is 1. The van der Waals surface area contributed by atoms with E-state index >= 15 is 0 Å². The van der Waals surface area contributed by atoms with E-state index in [0.717, 1.165) is 22.6 Å². The van der Waals surface area contributed by atoms with Crippen LogP contribution < -0.4 is 10.1 Å². The van der Waals surface area contributed by atoms with Gasteiger partial charge in [0.2, 0.25) is 5.91 Å². The van der Waals surface area contributed by atoms with Crippen LogP contribution in [0.15, 0.2) is 60.7 Å². The van der Waals surface area contributed by atoms with E-state index in [0.29, 0.717) is 0 Å². The van der Waals surface area contributed by atoms with Crippen LogP contribution in [0, 0.1) is 17.2 Å². The van der Waals surface area contributed by atoms with E-state index in [1.807, 2.05) is 60.7 Å². The molecule has 3 rings (SSSR count). The largest absolute Gasteiger partial charge is 0.497 e. The van der Waals surface area contributed by atoms with E-state index in [-0.39, 0.29) is 11.8 Å². The Bertz CT molecular complexity index is 773. The number of hydrogen-bond donors (Lipinski definition) is 1. The van der Waals surface area contributed by atoms with Crippen LogP contribution in [0.5, 0.6) is 5.75 Å². The lowest BCUT2D eigenvalue weighted by atomic mass is 9.82. The fraction of sp³-hybridized carbons (Fsp3) is 0.158. The SMILES string of the molecule is COc1ccc([C@H]2C=C(c3ccccc3)NC(=O)[C@H]2C#N)cc1. The number of carbonyl (C=O) groups is 1. The average Bonchev–Trinajstić information content (AvgIpc) is 2.62. The molecule has 2 atom stereocenters. The predicted octanol–water partition coefficient (Wildman–Crippen LogP) is 3.09. The fourth-order valence-corrected chi connectivity index (χ4v) is 2.73. The minimum absolute atomic E-state index is 0.269. The summed E-state index contributed by atoms with van der Waals surface area (Å²) in [5, 5.41) is 12.2. The van der Waals surface area contributed by atoms with Gasteiger partial charge in [0.1, 0.15) is 11.7 Å². The zero-order valence-corrected chi connectivity index (χ0v) is 12.7. The molecule has 2 aromatic rings. The van der Waals surface area contributed by atoms with Crippen molar-refractivity contribution in [2.75, 3.05) is 7.11 Å². The van der Waals surface area contributed by atoms with E-state index < -0.39 is 5.92 Å². The Morgan fingerprint density at radius 1 is 1.09 bits per heavy atom. The summed E-state index contributed by atoms with van der Waals surface area (Å²) in [5.74, 6) is -0.546. The number of amides is 1. The van der Waals surface area contributed by atoms with Gasteiger partial charge in [0.15, 0.2) is 0 Å². The van der Waals surface area contributed by atoms with Gasteiger partial charge in [-0.3, -0.25) is 4.79 Å². The molecule has 114 valence electrons. The van der Waals surface area contributed by atoms with Crippen LogP contribution >= 0.6 is 0 Å². The maximum Gasteiger partial charge on any atom is 0.242 e. The lowest BCUT2D eigenvalue weighted by Gasteiger charge is -2.26. The number of carbonyl (C=O) groups excluding carboxylic acids is 1. The van der Waals surface area contributed by atoms with Gasteiger partial charge in [-0.15, -0.1) is 0 Å². The molecule has 1 heterocycles. The number of nitrogens with zero attached hydrogens (tertiary/aromatic N) is 1. The lowest BCUT2D eigenvalue weighted by Crippen LogP contribution is -2.36. The summed E-state index contributed by atoms with van der Waals surface area (Å²) in [6.45, 7) is 0. The minimum Gasteiger partial charge on any atom is -0.497 e. The summed E-state index contributed by atoms with van der Waals surface area (Å²) in [6, 6.07) is 19.2. The third-order valence-electron chi connectivity index (χ3n) is 3.97. The number of benzene rings is 2. The molecule has 1 aliphatic rings. The van der Waals surface area contributed by atoms with E-state index in [1.165, 1.54) is 0 Å². The number of allylic oxidation sites excluding steroid dienone is 1. The van der Waals surface area contributed by atoms with E-state index in [2.05, 4.69) is 11.4 Å². The number of nitrogens with one attached hydrogen (secondary N) is 1. The first-order valence-corrected chi connectivity index (χ1v) is 7.34. The molecule has 0 saturated carbocycles. The number of rotatable bonds is 3. The van der Waals surface area contributed by atoms with E-state index in [9.17, 15) is 10.1 Å². The minimum atomic E-state index is -0.740.